The van der Waals surface area contributed by atoms with Crippen LogP contribution in [-0.2, 0) is 0 Å². The summed E-state index contributed by atoms with van der Waals surface area (Å²) >= 11 is 0. The van der Waals surface area contributed by atoms with Gasteiger partial charge in [-0.2, -0.15) is 0 Å². The summed E-state index contributed by atoms with van der Waals surface area (Å²) in [7, 11) is 0. The number of hydrogen-bond donors (Lipinski definition) is 0. The molecule has 2 aromatic heterocycles. The van der Waals surface area contributed by atoms with E-state index in [1.54, 1.807) is 0 Å². The van der Waals surface area contributed by atoms with Gasteiger partial charge < -0.3 is 4.42 Å². The third-order valence-electron chi connectivity index (χ3n) is 9.68. The molecule has 0 saturated heterocycles. The Morgan fingerprint density at radius 2 is 0.843 bits per heavy atom. The molecule has 4 nitrogen and oxygen atoms in total. The zero-order valence-electron chi connectivity index (χ0n) is 27.5. The summed E-state index contributed by atoms with van der Waals surface area (Å²) in [4.78, 5) is 15.3. The van der Waals surface area contributed by atoms with Crippen LogP contribution in [0.3, 0.4) is 0 Å². The van der Waals surface area contributed by atoms with Crippen molar-refractivity contribution in [1.82, 2.24) is 15.0 Å². The zero-order chi connectivity index (χ0) is 33.7. The molecule has 0 N–H and O–H groups in total. The van der Waals surface area contributed by atoms with Crippen LogP contribution in [-0.4, -0.2) is 15.0 Å². The van der Waals surface area contributed by atoms with Crippen molar-refractivity contribution in [2.75, 3.05) is 0 Å². The van der Waals surface area contributed by atoms with Crippen LogP contribution in [0, 0.1) is 0 Å². The first-order valence-corrected chi connectivity index (χ1v) is 17.1. The van der Waals surface area contributed by atoms with Gasteiger partial charge in [-0.05, 0) is 86.3 Å². The average molecular weight is 652 g/mol. The summed E-state index contributed by atoms with van der Waals surface area (Å²) in [5, 5.41) is 6.82. The smallest absolute Gasteiger partial charge is 0.164 e. The molecule has 0 saturated carbocycles. The van der Waals surface area contributed by atoms with Gasteiger partial charge in [0.15, 0.2) is 17.5 Å². The van der Waals surface area contributed by atoms with Gasteiger partial charge in [0.1, 0.15) is 11.2 Å². The number of nitrogens with zero attached hydrogens (tertiary/aromatic N) is 3. The van der Waals surface area contributed by atoms with Gasteiger partial charge in [-0.1, -0.05) is 133 Å². The highest BCUT2D eigenvalue weighted by atomic mass is 16.3. The molecular formula is C47H29N3O. The van der Waals surface area contributed by atoms with Crippen molar-refractivity contribution in [3.05, 3.63) is 176 Å². The van der Waals surface area contributed by atoms with Gasteiger partial charge in [0.2, 0.25) is 0 Å². The predicted molar refractivity (Wildman–Crippen MR) is 209 cm³/mol. The summed E-state index contributed by atoms with van der Waals surface area (Å²) in [5.41, 5.74) is 8.94. The van der Waals surface area contributed by atoms with Gasteiger partial charge in [0, 0.05) is 27.5 Å². The van der Waals surface area contributed by atoms with Gasteiger partial charge in [-0.25, -0.2) is 15.0 Å². The molecule has 51 heavy (non-hydrogen) atoms. The zero-order valence-corrected chi connectivity index (χ0v) is 27.5. The first-order valence-electron chi connectivity index (χ1n) is 17.1. The Morgan fingerprint density at radius 3 is 1.57 bits per heavy atom. The molecular weight excluding hydrogens is 623 g/mol. The number of hydrogen-bond acceptors (Lipinski definition) is 4. The lowest BCUT2D eigenvalue weighted by Gasteiger charge is -2.10. The molecule has 0 atom stereocenters. The summed E-state index contributed by atoms with van der Waals surface area (Å²) in [6, 6.07) is 61.1. The van der Waals surface area contributed by atoms with Gasteiger partial charge in [0.05, 0.1) is 0 Å². The summed E-state index contributed by atoms with van der Waals surface area (Å²) in [5.74, 6) is 1.85. The van der Waals surface area contributed by atoms with Gasteiger partial charge in [-0.3, -0.25) is 0 Å². The molecule has 0 fully saturated rings. The normalized spacial score (nSPS) is 11.5. The molecule has 0 aliphatic carbocycles. The van der Waals surface area contributed by atoms with Crippen LogP contribution in [0.5, 0.6) is 0 Å². The maximum atomic E-state index is 6.42. The second kappa shape index (κ2) is 11.9. The minimum absolute atomic E-state index is 0.604. The van der Waals surface area contributed by atoms with Crippen molar-refractivity contribution >= 4 is 43.5 Å². The predicted octanol–water partition coefficient (Wildman–Crippen LogP) is 12.4. The van der Waals surface area contributed by atoms with Crippen LogP contribution in [0.1, 0.15) is 0 Å². The maximum Gasteiger partial charge on any atom is 0.164 e. The fourth-order valence-corrected chi connectivity index (χ4v) is 7.12. The minimum atomic E-state index is 0.604. The average Bonchev–Trinajstić information content (AvgIpc) is 3.59. The van der Waals surface area contributed by atoms with Crippen LogP contribution in [0.15, 0.2) is 180 Å². The second-order valence-electron chi connectivity index (χ2n) is 12.9. The van der Waals surface area contributed by atoms with E-state index in [-0.39, 0.29) is 0 Å². The van der Waals surface area contributed by atoms with Crippen molar-refractivity contribution in [3.8, 4) is 56.4 Å². The van der Waals surface area contributed by atoms with Gasteiger partial charge in [-0.15, -0.1) is 0 Å². The summed E-state index contributed by atoms with van der Waals surface area (Å²) in [6.07, 6.45) is 0. The molecule has 4 heteroatoms. The van der Waals surface area contributed by atoms with Crippen molar-refractivity contribution in [2.45, 2.75) is 0 Å². The van der Waals surface area contributed by atoms with Gasteiger partial charge in [0.25, 0.3) is 0 Å². The maximum absolute atomic E-state index is 6.42. The molecule has 10 rings (SSSR count). The van der Waals surface area contributed by atoms with E-state index in [1.165, 1.54) is 16.2 Å². The summed E-state index contributed by atoms with van der Waals surface area (Å²) in [6.45, 7) is 0. The Morgan fingerprint density at radius 1 is 0.314 bits per heavy atom. The van der Waals surface area contributed by atoms with Crippen molar-refractivity contribution in [3.63, 3.8) is 0 Å². The third-order valence-corrected chi connectivity index (χ3v) is 9.68. The lowest BCUT2D eigenvalue weighted by atomic mass is 9.96. The molecule has 8 aromatic carbocycles. The molecule has 0 aliphatic rings. The van der Waals surface area contributed by atoms with E-state index < -0.39 is 0 Å². The topological polar surface area (TPSA) is 51.8 Å². The fourth-order valence-electron chi connectivity index (χ4n) is 7.12. The highest BCUT2D eigenvalue weighted by Crippen LogP contribution is 2.39. The van der Waals surface area contributed by atoms with E-state index in [2.05, 4.69) is 152 Å². The lowest BCUT2D eigenvalue weighted by molar-refractivity contribution is 0.669. The first kappa shape index (κ1) is 29.0. The molecule has 2 heterocycles. The lowest BCUT2D eigenvalue weighted by Crippen LogP contribution is -2.00. The Labute approximate surface area is 294 Å². The van der Waals surface area contributed by atoms with E-state index in [4.69, 9.17) is 19.4 Å². The van der Waals surface area contributed by atoms with E-state index in [0.29, 0.717) is 17.5 Å². The van der Waals surface area contributed by atoms with E-state index in [9.17, 15) is 0 Å². The molecule has 10 aromatic rings. The Hall–Kier alpha value is -6.91. The van der Waals surface area contributed by atoms with Crippen LogP contribution < -0.4 is 0 Å². The van der Waals surface area contributed by atoms with Crippen molar-refractivity contribution in [2.24, 2.45) is 0 Å². The molecule has 0 spiro atoms. The minimum Gasteiger partial charge on any atom is -0.456 e. The molecule has 0 amide bonds. The van der Waals surface area contributed by atoms with E-state index in [0.717, 1.165) is 66.3 Å². The standard InChI is InChI=1S/C47H29N3O/c1-2-10-30(11-3-1)35-16-8-17-37(27-35)45-48-46(38-23-21-32-13-5-7-15-34(32)28-38)50-47(49-45)39-24-25-42-41(29-39)44-40(18-9-19-43(44)51-42)36-22-20-31-12-4-6-14-33(31)26-36/h1-29H. The molecule has 0 bridgehead atoms. The number of aromatic nitrogens is 3. The Balaban J connectivity index is 1.16. The SMILES string of the molecule is c1ccc(-c2cccc(-c3nc(-c4ccc5ccccc5c4)nc(-c4ccc5oc6cccc(-c7ccc8ccccc8c7)c6c5c4)n3)c2)cc1. The van der Waals surface area contributed by atoms with Crippen LogP contribution in [0.25, 0.3) is 99.9 Å². The number of benzene rings is 8. The molecule has 0 unspecified atom stereocenters. The number of furan rings is 1. The first-order chi connectivity index (χ1) is 25.2. The van der Waals surface area contributed by atoms with E-state index in [1.807, 2.05) is 24.3 Å². The third kappa shape index (κ3) is 5.22. The van der Waals surface area contributed by atoms with E-state index >= 15 is 0 Å². The molecule has 0 radical (unpaired) electrons. The summed E-state index contributed by atoms with van der Waals surface area (Å²) < 4.78 is 6.42. The second-order valence-corrected chi connectivity index (χ2v) is 12.9. The Bertz CT molecular complexity index is 2930. The van der Waals surface area contributed by atoms with Gasteiger partial charge >= 0.3 is 0 Å². The fraction of sp³-hybridized carbons (Fsp3) is 0. The number of fused-ring (bicyclic) bond motifs is 5. The van der Waals surface area contributed by atoms with Crippen LogP contribution >= 0.6 is 0 Å². The molecule has 238 valence electrons. The quantitative estimate of drug-likeness (QED) is 0.186. The van der Waals surface area contributed by atoms with Crippen LogP contribution in [0.2, 0.25) is 0 Å². The van der Waals surface area contributed by atoms with Crippen molar-refractivity contribution < 1.29 is 4.42 Å². The largest absolute Gasteiger partial charge is 0.456 e. The molecule has 0 aliphatic heterocycles. The van der Waals surface area contributed by atoms with Crippen molar-refractivity contribution in [1.29, 1.82) is 0 Å². The highest BCUT2D eigenvalue weighted by Gasteiger charge is 2.17. The number of rotatable bonds is 5. The highest BCUT2D eigenvalue weighted by molar-refractivity contribution is 6.13. The van der Waals surface area contributed by atoms with Crippen LogP contribution in [0.4, 0.5) is 0 Å². The Kier molecular flexibility index (Phi) is 6.78. The monoisotopic (exact) mass is 651 g/mol.